The molecule has 8 aromatic rings. The predicted octanol–water partition coefficient (Wildman–Crippen LogP) is 8.97. The third-order valence-corrected chi connectivity index (χ3v) is 11.8. The molecule has 2 fully saturated rings. The first kappa shape index (κ1) is 51.4. The second-order valence-electron chi connectivity index (χ2n) is 16.1. The van der Waals surface area contributed by atoms with Crippen LogP contribution in [0.25, 0.3) is 22.8 Å². The fourth-order valence-corrected chi connectivity index (χ4v) is 8.18. The van der Waals surface area contributed by atoms with Crippen molar-refractivity contribution in [3.8, 4) is 22.8 Å². The number of ether oxygens (including phenoxy) is 2. The molecule has 2 aliphatic rings. The van der Waals surface area contributed by atoms with Crippen LogP contribution in [0.1, 0.15) is 34.6 Å². The van der Waals surface area contributed by atoms with E-state index in [9.17, 15) is 35.6 Å². The Morgan fingerprint density at radius 3 is 1.55 bits per heavy atom. The number of hydrogen-bond acceptors (Lipinski definition) is 15. The second-order valence-corrected chi connectivity index (χ2v) is 18.6. The van der Waals surface area contributed by atoms with Crippen LogP contribution in [-0.4, -0.2) is 96.5 Å². The number of pyridine rings is 2. The number of aromatic nitrogens is 10. The van der Waals surface area contributed by atoms with Crippen LogP contribution in [0.15, 0.2) is 122 Å². The van der Waals surface area contributed by atoms with Gasteiger partial charge >= 0.3 is 12.2 Å². The molecular weight excluding hydrogens is 1020 g/mol. The number of amides is 2. The van der Waals surface area contributed by atoms with Gasteiger partial charge < -0.3 is 9.47 Å². The summed E-state index contributed by atoms with van der Waals surface area (Å²) in [5.74, 6) is -2.30. The number of anilines is 2. The minimum absolute atomic E-state index is 0.00488. The van der Waals surface area contributed by atoms with Crippen molar-refractivity contribution in [1.82, 2.24) is 50.8 Å². The smallest absolute Gasteiger partial charge is 0.415 e. The maximum Gasteiger partial charge on any atom is 0.415 e. The average Bonchev–Trinajstić information content (AvgIpc) is 4.17. The van der Waals surface area contributed by atoms with Crippen molar-refractivity contribution < 1.29 is 49.2 Å². The van der Waals surface area contributed by atoms with Gasteiger partial charge in [0.1, 0.15) is 54.6 Å². The Bertz CT molecular complexity index is 3290. The molecular formula is C47H38Cl2F4N12O7S. The van der Waals surface area contributed by atoms with Gasteiger partial charge in [0.25, 0.3) is 10.1 Å². The quantitative estimate of drug-likeness (QED) is 0.0942. The number of rotatable bonds is 11. The Morgan fingerprint density at radius 2 is 1.11 bits per heavy atom. The SMILES string of the molecule is CS(=O)(=O)OC[C@@H]1OC(=O)N(c2ccc(Cl)cc2)[C@H]1c1cc(F)cc(F)c1.Cc1ccc(-c2nn[nH]n2)cn1.Cc1ccc(-c2nnn(C[C@@H]3OC(=O)N(c4ccc(Cl)cc4)[C@H]3c3cc(F)cc(F)c3)n2)cn1. The summed E-state index contributed by atoms with van der Waals surface area (Å²) in [5, 5.41) is 26.8. The fourth-order valence-electron chi connectivity index (χ4n) is 7.55. The molecule has 2 amide bonds. The number of carbonyl (C=O) groups is 2. The van der Waals surface area contributed by atoms with Gasteiger partial charge in [0.15, 0.2) is 6.10 Å². The van der Waals surface area contributed by atoms with Crippen LogP contribution in [0.4, 0.5) is 38.5 Å². The number of halogens is 6. The first-order valence-electron chi connectivity index (χ1n) is 21.5. The normalized spacial score (nSPS) is 17.3. The third kappa shape index (κ3) is 12.9. The molecule has 0 bridgehead atoms. The zero-order valence-electron chi connectivity index (χ0n) is 38.2. The number of carbonyl (C=O) groups excluding carboxylic acids is 2. The number of aryl methyl sites for hydroxylation is 2. The molecule has 0 spiro atoms. The summed E-state index contributed by atoms with van der Waals surface area (Å²) in [4.78, 5) is 37.4. The highest BCUT2D eigenvalue weighted by molar-refractivity contribution is 7.86. The van der Waals surface area contributed by atoms with Crippen molar-refractivity contribution in [1.29, 1.82) is 0 Å². The molecule has 0 unspecified atom stereocenters. The van der Waals surface area contributed by atoms with Gasteiger partial charge in [-0.15, -0.1) is 20.4 Å². The van der Waals surface area contributed by atoms with E-state index < -0.39 is 76.5 Å². The Hall–Kier alpha value is -7.93. The first-order chi connectivity index (χ1) is 34.9. The van der Waals surface area contributed by atoms with Gasteiger partial charge in [-0.1, -0.05) is 23.2 Å². The van der Waals surface area contributed by atoms with Crippen LogP contribution in [0.2, 0.25) is 10.0 Å². The lowest BCUT2D eigenvalue weighted by molar-refractivity contribution is 0.0943. The predicted molar refractivity (Wildman–Crippen MR) is 255 cm³/mol. The van der Waals surface area contributed by atoms with E-state index in [0.717, 1.165) is 41.4 Å². The lowest BCUT2D eigenvalue weighted by Gasteiger charge is -2.25. The number of tetrazole rings is 2. The van der Waals surface area contributed by atoms with E-state index in [1.54, 1.807) is 36.7 Å². The van der Waals surface area contributed by atoms with E-state index in [1.807, 2.05) is 38.1 Å². The summed E-state index contributed by atoms with van der Waals surface area (Å²) in [6, 6.07) is 24.1. The van der Waals surface area contributed by atoms with Gasteiger partial charge in [0, 0.05) is 68.5 Å². The molecule has 2 saturated heterocycles. The lowest BCUT2D eigenvalue weighted by Crippen LogP contribution is -2.31. The number of aromatic amines is 1. The van der Waals surface area contributed by atoms with Crippen molar-refractivity contribution in [3.63, 3.8) is 0 Å². The van der Waals surface area contributed by atoms with E-state index in [2.05, 4.69) is 46.0 Å². The summed E-state index contributed by atoms with van der Waals surface area (Å²) in [6.45, 7) is 3.30. The van der Waals surface area contributed by atoms with E-state index in [0.29, 0.717) is 44.7 Å². The van der Waals surface area contributed by atoms with E-state index in [1.165, 1.54) is 51.0 Å². The maximum absolute atomic E-state index is 14.1. The van der Waals surface area contributed by atoms with Crippen LogP contribution in [0.3, 0.4) is 0 Å². The summed E-state index contributed by atoms with van der Waals surface area (Å²) in [5.41, 5.74) is 4.51. The molecule has 19 nitrogen and oxygen atoms in total. The van der Waals surface area contributed by atoms with Gasteiger partial charge in [-0.05, 0) is 132 Å². The zero-order valence-corrected chi connectivity index (χ0v) is 40.6. The lowest BCUT2D eigenvalue weighted by atomic mass is 9.99. The van der Waals surface area contributed by atoms with Crippen molar-refractivity contribution in [2.75, 3.05) is 22.7 Å². The van der Waals surface area contributed by atoms with Crippen molar-refractivity contribution in [2.45, 2.75) is 44.7 Å². The molecule has 6 heterocycles. The van der Waals surface area contributed by atoms with E-state index in [4.69, 9.17) is 36.9 Å². The molecule has 4 atom stereocenters. The van der Waals surface area contributed by atoms with Gasteiger partial charge in [-0.25, -0.2) is 27.2 Å². The zero-order chi connectivity index (χ0) is 52.0. The molecule has 376 valence electrons. The Kier molecular flexibility index (Phi) is 15.7. The number of hydrogen-bond donors (Lipinski definition) is 1. The van der Waals surface area contributed by atoms with Gasteiger partial charge in [-0.2, -0.15) is 18.4 Å². The Labute approximate surface area is 422 Å². The molecule has 4 aromatic carbocycles. The number of H-pyrrole nitrogens is 1. The number of benzene rings is 4. The van der Waals surface area contributed by atoms with Crippen LogP contribution < -0.4 is 9.80 Å². The third-order valence-electron chi connectivity index (χ3n) is 10.7. The largest absolute Gasteiger partial charge is 0.441 e. The summed E-state index contributed by atoms with van der Waals surface area (Å²) >= 11 is 11.8. The highest BCUT2D eigenvalue weighted by atomic mass is 35.5. The van der Waals surface area contributed by atoms with E-state index >= 15 is 0 Å². The molecule has 1 N–H and O–H groups in total. The highest BCUT2D eigenvalue weighted by Gasteiger charge is 2.46. The number of cyclic esters (lactones) is 2. The van der Waals surface area contributed by atoms with Crippen LogP contribution in [0, 0.1) is 37.1 Å². The Morgan fingerprint density at radius 1 is 0.644 bits per heavy atom. The molecule has 0 radical (unpaired) electrons. The fraction of sp³-hybridized carbons (Fsp3) is 0.191. The topological polar surface area (TPSA) is 226 Å². The van der Waals surface area contributed by atoms with Crippen LogP contribution in [-0.2, 0) is 30.3 Å². The molecule has 0 saturated carbocycles. The molecule has 0 aliphatic carbocycles. The van der Waals surface area contributed by atoms with Crippen LogP contribution >= 0.6 is 23.2 Å². The Balaban J connectivity index is 0.000000162. The minimum atomic E-state index is -3.81. The number of nitrogens with one attached hydrogen (secondary N) is 1. The monoisotopic (exact) mass is 1060 g/mol. The van der Waals surface area contributed by atoms with Crippen molar-refractivity contribution in [3.05, 3.63) is 177 Å². The highest BCUT2D eigenvalue weighted by Crippen LogP contribution is 2.40. The molecule has 4 aromatic heterocycles. The van der Waals surface area contributed by atoms with Gasteiger partial charge in [0.2, 0.25) is 11.6 Å². The van der Waals surface area contributed by atoms with Gasteiger partial charge in [-0.3, -0.25) is 24.0 Å². The first-order valence-corrected chi connectivity index (χ1v) is 24.1. The standard InChI is InChI=1S/C23H17ClF2N6O2.C17H14ClF2NO5S.C7H7N5/c1-13-2-3-14(11-27-13)22-28-30-31(29-22)12-20-21(15-8-17(25)10-18(26)9-15)32(23(33)34-20)19-6-4-16(24)5-7-19;1-27(23,24)25-9-15-16(10-6-12(19)8-13(20)7-10)21(17(22)26-15)14-4-2-11(18)3-5-14;1-5-2-3-6(4-8-5)7-9-11-12-10-7/h2-11,20-21H,12H2,1H3;2-8,15-16H,9H2,1H3;2-4H,1H3,(H,9,10,11,12)/t20-,21-;15-,16-;/m00./s1. The molecule has 10 rings (SSSR count). The average molecular weight is 1060 g/mol. The summed E-state index contributed by atoms with van der Waals surface area (Å²) in [6.07, 6.45) is 0.746. The summed E-state index contributed by atoms with van der Waals surface area (Å²) in [7, 11) is -3.81. The molecule has 73 heavy (non-hydrogen) atoms. The maximum atomic E-state index is 14.1. The number of nitrogens with zero attached hydrogens (tertiary/aromatic N) is 11. The molecule has 26 heteroatoms. The second kappa shape index (κ2) is 22.2. The van der Waals surface area contributed by atoms with Crippen molar-refractivity contribution >= 4 is 56.9 Å². The van der Waals surface area contributed by atoms with Gasteiger partial charge in [0.05, 0.1) is 6.26 Å². The summed E-state index contributed by atoms with van der Waals surface area (Å²) < 4.78 is 93.8. The minimum Gasteiger partial charge on any atom is -0.441 e. The van der Waals surface area contributed by atoms with Crippen LogP contribution in [0.5, 0.6) is 0 Å². The molecule has 2 aliphatic heterocycles. The van der Waals surface area contributed by atoms with Crippen molar-refractivity contribution in [2.24, 2.45) is 0 Å². The van der Waals surface area contributed by atoms with E-state index in [-0.39, 0.29) is 17.7 Å².